The molecule has 1 aromatic heterocycles. The van der Waals surface area contributed by atoms with Gasteiger partial charge in [0.05, 0.1) is 6.42 Å². The fourth-order valence-electron chi connectivity index (χ4n) is 1.94. The van der Waals surface area contributed by atoms with Crippen LogP contribution in [0.5, 0.6) is 5.75 Å². The summed E-state index contributed by atoms with van der Waals surface area (Å²) in [5, 5.41) is 8.04. The second kappa shape index (κ2) is 9.30. The first kappa shape index (κ1) is 18.3. The third-order valence-electron chi connectivity index (χ3n) is 3.16. The molecule has 0 radical (unpaired) electrons. The van der Waals surface area contributed by atoms with Crippen molar-refractivity contribution in [2.45, 2.75) is 19.4 Å². The molecule has 0 aliphatic heterocycles. The van der Waals surface area contributed by atoms with Gasteiger partial charge in [0.2, 0.25) is 5.91 Å². The Hall–Kier alpha value is -2.05. The molecule has 2 aromatic rings. The molecule has 128 valence electrons. The molecule has 7 heteroatoms. The minimum absolute atomic E-state index is 0.0582. The summed E-state index contributed by atoms with van der Waals surface area (Å²) in [7, 11) is 0. The molecule has 0 fully saturated rings. The average Bonchev–Trinajstić information content (AvgIpc) is 3.06. The molecule has 2 rings (SSSR count). The zero-order valence-electron chi connectivity index (χ0n) is 13.3. The Labute approximate surface area is 150 Å². The summed E-state index contributed by atoms with van der Waals surface area (Å²) in [4.78, 5) is 24.7. The zero-order chi connectivity index (χ0) is 17.4. The summed E-state index contributed by atoms with van der Waals surface area (Å²) in [6.07, 6.45) is -0.269. The highest BCUT2D eigenvalue weighted by atomic mass is 35.5. The highest BCUT2D eigenvalue weighted by Gasteiger charge is 2.14. The van der Waals surface area contributed by atoms with Gasteiger partial charge in [-0.3, -0.25) is 9.59 Å². The molecule has 2 N–H and O–H groups in total. The van der Waals surface area contributed by atoms with Crippen molar-refractivity contribution in [3.05, 3.63) is 51.7 Å². The van der Waals surface area contributed by atoms with Crippen molar-refractivity contribution < 1.29 is 14.3 Å². The number of rotatable bonds is 8. The van der Waals surface area contributed by atoms with Crippen molar-refractivity contribution in [3.8, 4) is 5.75 Å². The number of ether oxygens (including phenoxy) is 1. The number of carbonyl (C=O) groups is 2. The van der Waals surface area contributed by atoms with Gasteiger partial charge >= 0.3 is 0 Å². The molecular formula is C17H19ClN2O3S. The Balaban J connectivity index is 1.63. The Morgan fingerprint density at radius 2 is 1.88 bits per heavy atom. The molecule has 1 unspecified atom stereocenters. The van der Waals surface area contributed by atoms with E-state index in [1.54, 1.807) is 42.5 Å². The summed E-state index contributed by atoms with van der Waals surface area (Å²) in [5.41, 5.74) is 0. The molecule has 1 atom stereocenters. The minimum atomic E-state index is -0.631. The number of thiophene rings is 1. The highest BCUT2D eigenvalue weighted by Crippen LogP contribution is 2.16. The maximum atomic E-state index is 11.9. The highest BCUT2D eigenvalue weighted by molar-refractivity contribution is 7.10. The van der Waals surface area contributed by atoms with Crippen LogP contribution in [0.25, 0.3) is 0 Å². The van der Waals surface area contributed by atoms with Crippen molar-refractivity contribution in [2.75, 3.05) is 13.1 Å². The minimum Gasteiger partial charge on any atom is -0.481 e. The van der Waals surface area contributed by atoms with Crippen molar-refractivity contribution >= 4 is 34.8 Å². The van der Waals surface area contributed by atoms with Gasteiger partial charge < -0.3 is 15.4 Å². The third-order valence-corrected chi connectivity index (χ3v) is 4.29. The molecule has 0 aliphatic rings. The van der Waals surface area contributed by atoms with E-state index in [1.165, 1.54) is 0 Å². The maximum Gasteiger partial charge on any atom is 0.260 e. The van der Waals surface area contributed by atoms with Crippen LogP contribution in [0.15, 0.2) is 41.8 Å². The van der Waals surface area contributed by atoms with Gasteiger partial charge in [0.25, 0.3) is 5.91 Å². The van der Waals surface area contributed by atoms with E-state index in [4.69, 9.17) is 16.3 Å². The van der Waals surface area contributed by atoms with Gasteiger partial charge in [-0.05, 0) is 42.6 Å². The number of amides is 2. The molecule has 2 amide bonds. The smallest absolute Gasteiger partial charge is 0.260 e. The quantitative estimate of drug-likeness (QED) is 0.706. The molecule has 5 nitrogen and oxygen atoms in total. The van der Waals surface area contributed by atoms with Gasteiger partial charge in [-0.1, -0.05) is 17.7 Å². The summed E-state index contributed by atoms with van der Waals surface area (Å²) >= 11 is 7.34. The van der Waals surface area contributed by atoms with E-state index in [0.717, 1.165) is 4.88 Å². The van der Waals surface area contributed by atoms with Gasteiger partial charge in [-0.25, -0.2) is 0 Å². The SMILES string of the molecule is CC(Oc1ccc(Cl)cc1)C(=O)NCCNC(=O)Cc1cccs1. The fourth-order valence-corrected chi connectivity index (χ4v) is 2.77. The van der Waals surface area contributed by atoms with Gasteiger partial charge in [0, 0.05) is 23.0 Å². The molecule has 1 aromatic carbocycles. The van der Waals surface area contributed by atoms with E-state index in [2.05, 4.69) is 10.6 Å². The molecule has 0 aliphatic carbocycles. The van der Waals surface area contributed by atoms with Crippen molar-refractivity contribution in [2.24, 2.45) is 0 Å². The number of benzene rings is 1. The van der Waals surface area contributed by atoms with Crippen molar-refractivity contribution in [3.63, 3.8) is 0 Å². The lowest BCUT2D eigenvalue weighted by atomic mass is 10.3. The molecule has 0 saturated heterocycles. The van der Waals surface area contributed by atoms with Crippen LogP contribution >= 0.6 is 22.9 Å². The summed E-state index contributed by atoms with van der Waals surface area (Å²) in [6.45, 7) is 2.40. The largest absolute Gasteiger partial charge is 0.481 e. The third kappa shape index (κ3) is 6.22. The number of hydrogen-bond acceptors (Lipinski definition) is 4. The van der Waals surface area contributed by atoms with E-state index in [-0.39, 0.29) is 11.8 Å². The van der Waals surface area contributed by atoms with Crippen LogP contribution in [0.2, 0.25) is 5.02 Å². The number of hydrogen-bond donors (Lipinski definition) is 2. The molecule has 0 spiro atoms. The first-order valence-electron chi connectivity index (χ1n) is 7.53. The monoisotopic (exact) mass is 366 g/mol. The van der Waals surface area contributed by atoms with E-state index < -0.39 is 6.10 Å². The van der Waals surface area contributed by atoms with E-state index in [1.807, 2.05) is 17.5 Å². The van der Waals surface area contributed by atoms with Crippen LogP contribution in [0.1, 0.15) is 11.8 Å². The van der Waals surface area contributed by atoms with E-state index >= 15 is 0 Å². The zero-order valence-corrected chi connectivity index (χ0v) is 14.8. The number of carbonyl (C=O) groups excluding carboxylic acids is 2. The molecular weight excluding hydrogens is 348 g/mol. The van der Waals surface area contributed by atoms with Gasteiger partial charge in [-0.15, -0.1) is 11.3 Å². The summed E-state index contributed by atoms with van der Waals surface area (Å²) in [5.74, 6) is 0.279. The first-order chi connectivity index (χ1) is 11.5. The Kier molecular flexibility index (Phi) is 7.08. The predicted octanol–water partition coefficient (Wildman–Crippen LogP) is 2.64. The second-order valence-corrected chi connectivity index (χ2v) is 6.58. The van der Waals surface area contributed by atoms with E-state index in [0.29, 0.717) is 30.3 Å². The average molecular weight is 367 g/mol. The first-order valence-corrected chi connectivity index (χ1v) is 8.79. The van der Waals surface area contributed by atoms with Gasteiger partial charge in [0.1, 0.15) is 5.75 Å². The lowest BCUT2D eigenvalue weighted by molar-refractivity contribution is -0.127. The second-order valence-electron chi connectivity index (χ2n) is 5.11. The summed E-state index contributed by atoms with van der Waals surface area (Å²) in [6, 6.07) is 10.6. The Morgan fingerprint density at radius 1 is 1.17 bits per heavy atom. The standard InChI is InChI=1S/C17H19ClN2O3S/c1-12(23-14-6-4-13(18)5-7-14)17(22)20-9-8-19-16(21)11-15-3-2-10-24-15/h2-7,10,12H,8-9,11H2,1H3,(H,19,21)(H,20,22). The van der Waals surface area contributed by atoms with Crippen LogP contribution in [0.3, 0.4) is 0 Å². The molecule has 0 saturated carbocycles. The Morgan fingerprint density at radius 3 is 2.54 bits per heavy atom. The fraction of sp³-hybridized carbons (Fsp3) is 0.294. The Bertz CT molecular complexity index is 659. The predicted molar refractivity (Wildman–Crippen MR) is 95.6 cm³/mol. The van der Waals surface area contributed by atoms with Gasteiger partial charge in [-0.2, -0.15) is 0 Å². The normalized spacial score (nSPS) is 11.6. The van der Waals surface area contributed by atoms with Gasteiger partial charge in [0.15, 0.2) is 6.10 Å². The van der Waals surface area contributed by atoms with E-state index in [9.17, 15) is 9.59 Å². The van der Waals surface area contributed by atoms with Crippen LogP contribution < -0.4 is 15.4 Å². The number of halogens is 1. The topological polar surface area (TPSA) is 67.4 Å². The van der Waals surface area contributed by atoms with Crippen LogP contribution in [0, 0.1) is 0 Å². The lowest BCUT2D eigenvalue weighted by Crippen LogP contribution is -2.40. The maximum absolute atomic E-state index is 11.9. The molecule has 0 bridgehead atoms. The van der Waals surface area contributed by atoms with Crippen LogP contribution in [-0.2, 0) is 16.0 Å². The van der Waals surface area contributed by atoms with Crippen molar-refractivity contribution in [1.82, 2.24) is 10.6 Å². The van der Waals surface area contributed by atoms with Crippen LogP contribution in [0.4, 0.5) is 0 Å². The van der Waals surface area contributed by atoms with Crippen LogP contribution in [-0.4, -0.2) is 31.0 Å². The summed E-state index contributed by atoms with van der Waals surface area (Å²) < 4.78 is 5.52. The lowest BCUT2D eigenvalue weighted by Gasteiger charge is -2.15. The van der Waals surface area contributed by atoms with Crippen molar-refractivity contribution in [1.29, 1.82) is 0 Å². The number of nitrogens with one attached hydrogen (secondary N) is 2. The molecule has 1 heterocycles. The molecule has 24 heavy (non-hydrogen) atoms.